The van der Waals surface area contributed by atoms with Crippen molar-refractivity contribution in [1.29, 1.82) is 0 Å². The number of aryl methyl sites for hydroxylation is 1. The monoisotopic (exact) mass is 376 g/mol. The van der Waals surface area contributed by atoms with Crippen LogP contribution in [-0.2, 0) is 9.53 Å². The second-order valence-corrected chi connectivity index (χ2v) is 6.69. The molecule has 0 aliphatic carbocycles. The second-order valence-electron chi connectivity index (χ2n) is 6.69. The summed E-state index contributed by atoms with van der Waals surface area (Å²) in [6.07, 6.45) is 0. The Kier molecular flexibility index (Phi) is 4.39. The molecule has 0 spiro atoms. The van der Waals surface area contributed by atoms with Gasteiger partial charge in [0.05, 0.1) is 23.6 Å². The van der Waals surface area contributed by atoms with Crippen molar-refractivity contribution in [2.45, 2.75) is 19.8 Å². The van der Waals surface area contributed by atoms with E-state index >= 15 is 0 Å². The molecule has 1 atom stereocenters. The van der Waals surface area contributed by atoms with Gasteiger partial charge in [-0.15, -0.1) is 0 Å². The molecular weight excluding hydrogens is 356 g/mol. The number of pyridine rings is 1. The molecule has 1 aromatic heterocycles. The summed E-state index contributed by atoms with van der Waals surface area (Å²) in [6.45, 7) is 3.86. The number of ether oxygens (including phenoxy) is 2. The summed E-state index contributed by atoms with van der Waals surface area (Å²) >= 11 is 0. The van der Waals surface area contributed by atoms with Crippen LogP contribution in [0.3, 0.4) is 0 Å². The van der Waals surface area contributed by atoms with E-state index in [-0.39, 0.29) is 23.6 Å². The third-order valence-corrected chi connectivity index (χ3v) is 4.84. The molecule has 0 saturated heterocycles. The summed E-state index contributed by atoms with van der Waals surface area (Å²) in [5, 5.41) is 0.737. The van der Waals surface area contributed by atoms with E-state index in [1.54, 1.807) is 6.92 Å². The van der Waals surface area contributed by atoms with Gasteiger partial charge in [-0.05, 0) is 31.5 Å². The average molecular weight is 376 g/mol. The van der Waals surface area contributed by atoms with Crippen molar-refractivity contribution in [3.8, 4) is 5.75 Å². The van der Waals surface area contributed by atoms with Gasteiger partial charge < -0.3 is 20.2 Å². The van der Waals surface area contributed by atoms with E-state index in [0.29, 0.717) is 16.8 Å². The molecule has 0 unspecified atom stereocenters. The van der Waals surface area contributed by atoms with Crippen LogP contribution in [0.1, 0.15) is 29.5 Å². The molecule has 0 amide bonds. The first-order valence-corrected chi connectivity index (χ1v) is 9.07. The Morgan fingerprint density at radius 2 is 1.96 bits per heavy atom. The normalized spacial score (nSPS) is 15.9. The number of benzene rings is 2. The lowest BCUT2D eigenvalue weighted by Crippen LogP contribution is -2.32. The first-order valence-electron chi connectivity index (χ1n) is 9.07. The number of rotatable bonds is 3. The van der Waals surface area contributed by atoms with Crippen LogP contribution in [0.2, 0.25) is 0 Å². The topological polar surface area (TPSA) is 94.4 Å². The van der Waals surface area contributed by atoms with Gasteiger partial charge in [0, 0.05) is 5.39 Å². The maximum absolute atomic E-state index is 13.0. The van der Waals surface area contributed by atoms with Gasteiger partial charge in [0.1, 0.15) is 11.3 Å². The summed E-state index contributed by atoms with van der Waals surface area (Å²) < 4.78 is 11.0. The van der Waals surface area contributed by atoms with Gasteiger partial charge in [0.2, 0.25) is 5.88 Å². The van der Waals surface area contributed by atoms with Crippen molar-refractivity contribution in [2.75, 3.05) is 6.61 Å². The van der Waals surface area contributed by atoms with Gasteiger partial charge in [-0.1, -0.05) is 42.0 Å². The zero-order chi connectivity index (χ0) is 19.8. The van der Waals surface area contributed by atoms with Crippen molar-refractivity contribution in [3.63, 3.8) is 0 Å². The molecule has 1 aliphatic rings. The number of carbonyl (C=O) groups excluding carboxylic acids is 1. The Balaban J connectivity index is 2.05. The molecule has 3 aromatic rings. The smallest absolute Gasteiger partial charge is 0.340 e. The van der Waals surface area contributed by atoms with Crippen LogP contribution in [-0.4, -0.2) is 17.6 Å². The summed E-state index contributed by atoms with van der Waals surface area (Å²) in [4.78, 5) is 28.6. The van der Waals surface area contributed by atoms with Crippen LogP contribution in [0.25, 0.3) is 10.9 Å². The van der Waals surface area contributed by atoms with Crippen molar-refractivity contribution >= 4 is 16.9 Å². The molecule has 0 saturated carbocycles. The van der Waals surface area contributed by atoms with Crippen molar-refractivity contribution < 1.29 is 14.3 Å². The van der Waals surface area contributed by atoms with E-state index in [1.807, 2.05) is 55.5 Å². The predicted octanol–water partition coefficient (Wildman–Crippen LogP) is 3.09. The van der Waals surface area contributed by atoms with Gasteiger partial charge >= 0.3 is 5.97 Å². The third kappa shape index (κ3) is 2.83. The number of fused-ring (bicyclic) bond motifs is 3. The third-order valence-electron chi connectivity index (χ3n) is 4.84. The van der Waals surface area contributed by atoms with Crippen LogP contribution in [0.4, 0.5) is 0 Å². The summed E-state index contributed by atoms with van der Waals surface area (Å²) in [6, 6.07) is 14.9. The minimum absolute atomic E-state index is 0.0480. The maximum Gasteiger partial charge on any atom is 0.340 e. The molecular formula is C22H20N2O4. The number of aromatic nitrogens is 1. The van der Waals surface area contributed by atoms with E-state index in [2.05, 4.69) is 4.98 Å². The Labute approximate surface area is 161 Å². The number of carbonyl (C=O) groups is 1. The van der Waals surface area contributed by atoms with Crippen LogP contribution in [0.15, 0.2) is 64.8 Å². The molecule has 4 rings (SSSR count). The zero-order valence-corrected chi connectivity index (χ0v) is 15.6. The van der Waals surface area contributed by atoms with Crippen molar-refractivity contribution in [3.05, 3.63) is 87.0 Å². The first-order chi connectivity index (χ1) is 13.5. The fraction of sp³-hybridized carbons (Fsp3) is 0.182. The number of H-pyrrole nitrogens is 1. The highest BCUT2D eigenvalue weighted by Crippen LogP contribution is 2.43. The maximum atomic E-state index is 13.0. The van der Waals surface area contributed by atoms with Gasteiger partial charge in [-0.3, -0.25) is 4.79 Å². The number of nitrogens with one attached hydrogen (secondary N) is 1. The number of esters is 1. The van der Waals surface area contributed by atoms with E-state index in [0.717, 1.165) is 16.5 Å². The summed E-state index contributed by atoms with van der Waals surface area (Å²) in [5.41, 5.74) is 8.76. The van der Waals surface area contributed by atoms with Crippen LogP contribution < -0.4 is 16.0 Å². The van der Waals surface area contributed by atoms with Gasteiger partial charge in [0.25, 0.3) is 5.56 Å². The lowest BCUT2D eigenvalue weighted by atomic mass is 9.83. The van der Waals surface area contributed by atoms with Crippen molar-refractivity contribution in [2.24, 2.45) is 5.73 Å². The second kappa shape index (κ2) is 6.88. The Bertz CT molecular complexity index is 1160. The fourth-order valence-electron chi connectivity index (χ4n) is 3.62. The minimum atomic E-state index is -0.683. The average Bonchev–Trinajstić information content (AvgIpc) is 2.68. The summed E-state index contributed by atoms with van der Waals surface area (Å²) in [5.74, 6) is -0.948. The molecule has 28 heavy (non-hydrogen) atoms. The molecule has 2 aromatic carbocycles. The van der Waals surface area contributed by atoms with E-state index in [1.165, 1.54) is 0 Å². The zero-order valence-electron chi connectivity index (χ0n) is 15.6. The number of aromatic amines is 1. The minimum Gasteiger partial charge on any atom is -0.462 e. The van der Waals surface area contributed by atoms with Gasteiger partial charge in [0.15, 0.2) is 0 Å². The van der Waals surface area contributed by atoms with E-state index < -0.39 is 11.9 Å². The molecule has 2 heterocycles. The van der Waals surface area contributed by atoms with Crippen LogP contribution in [0, 0.1) is 6.92 Å². The number of nitrogens with two attached hydrogens (primary N) is 1. The predicted molar refractivity (Wildman–Crippen MR) is 106 cm³/mol. The Morgan fingerprint density at radius 3 is 2.68 bits per heavy atom. The largest absolute Gasteiger partial charge is 0.462 e. The highest BCUT2D eigenvalue weighted by molar-refractivity contribution is 5.95. The highest BCUT2D eigenvalue weighted by Gasteiger charge is 2.38. The molecule has 1 aliphatic heterocycles. The summed E-state index contributed by atoms with van der Waals surface area (Å²) in [7, 11) is 0. The van der Waals surface area contributed by atoms with Crippen LogP contribution >= 0.6 is 0 Å². The fourth-order valence-corrected chi connectivity index (χ4v) is 3.62. The molecule has 0 fully saturated rings. The lowest BCUT2D eigenvalue weighted by Gasteiger charge is -2.28. The van der Waals surface area contributed by atoms with Crippen LogP contribution in [0.5, 0.6) is 5.75 Å². The molecule has 3 N–H and O–H groups in total. The highest BCUT2D eigenvalue weighted by atomic mass is 16.5. The molecule has 0 radical (unpaired) electrons. The SMILES string of the molecule is CCOC(=O)C1=C(N)Oc2c(c(=O)[nH]c3ccc(C)cc23)[C@H]1c1ccccc1. The number of hydrogen-bond acceptors (Lipinski definition) is 5. The lowest BCUT2D eigenvalue weighted by molar-refractivity contribution is -0.139. The molecule has 142 valence electrons. The van der Waals surface area contributed by atoms with Crippen molar-refractivity contribution in [1.82, 2.24) is 4.98 Å². The van der Waals surface area contributed by atoms with E-state index in [9.17, 15) is 9.59 Å². The Hall–Kier alpha value is -3.54. The van der Waals surface area contributed by atoms with Gasteiger partial charge in [-0.2, -0.15) is 0 Å². The van der Waals surface area contributed by atoms with Gasteiger partial charge in [-0.25, -0.2) is 4.79 Å². The molecule has 6 heteroatoms. The Morgan fingerprint density at radius 1 is 1.21 bits per heavy atom. The first kappa shape index (κ1) is 17.9. The quantitative estimate of drug-likeness (QED) is 0.685. The van der Waals surface area contributed by atoms with E-state index in [4.69, 9.17) is 15.2 Å². The number of hydrogen-bond donors (Lipinski definition) is 2. The molecule has 0 bridgehead atoms. The standard InChI is InChI=1S/C22H20N2O4/c1-3-27-22(26)18-16(13-7-5-4-6-8-13)17-19(28-20(18)23)14-11-12(2)9-10-15(14)24-21(17)25/h4-11,16H,3,23H2,1-2H3,(H,24,25)/t16-/m1/s1. The molecule has 6 nitrogen and oxygen atoms in total.